The van der Waals surface area contributed by atoms with Crippen molar-refractivity contribution in [3.05, 3.63) is 35.9 Å². The van der Waals surface area contributed by atoms with Crippen LogP contribution in [0.5, 0.6) is 0 Å². The third-order valence-electron chi connectivity index (χ3n) is 4.38. The van der Waals surface area contributed by atoms with Gasteiger partial charge in [-0.2, -0.15) is 0 Å². The van der Waals surface area contributed by atoms with E-state index in [-0.39, 0.29) is 0 Å². The van der Waals surface area contributed by atoms with Gasteiger partial charge >= 0.3 is 0 Å². The molecule has 2 N–H and O–H groups in total. The molecule has 0 spiro atoms. The fraction of sp³-hybridized carbons (Fsp3) is 0.533. The molecule has 0 amide bonds. The highest BCUT2D eigenvalue weighted by atomic mass is 32.1. The highest BCUT2D eigenvalue weighted by Crippen LogP contribution is 2.40. The van der Waals surface area contributed by atoms with Crippen molar-refractivity contribution in [1.82, 2.24) is 15.5 Å². The van der Waals surface area contributed by atoms with Gasteiger partial charge in [0, 0.05) is 32.7 Å². The zero-order valence-corrected chi connectivity index (χ0v) is 12.1. The Morgan fingerprint density at radius 2 is 1.95 bits per heavy atom. The Morgan fingerprint density at radius 3 is 2.58 bits per heavy atom. The predicted molar refractivity (Wildman–Crippen MR) is 81.9 cm³/mol. The van der Waals surface area contributed by atoms with Gasteiger partial charge in [0.1, 0.15) is 0 Å². The summed E-state index contributed by atoms with van der Waals surface area (Å²) in [5, 5.41) is 7.25. The van der Waals surface area contributed by atoms with E-state index in [9.17, 15) is 0 Å². The second-order valence-electron chi connectivity index (χ2n) is 5.68. The lowest BCUT2D eigenvalue weighted by Crippen LogP contribution is -2.64. The quantitative estimate of drug-likeness (QED) is 0.820. The van der Waals surface area contributed by atoms with Crippen LogP contribution < -0.4 is 10.6 Å². The lowest BCUT2D eigenvalue weighted by atomic mass is 9.66. The van der Waals surface area contributed by atoms with Crippen LogP contribution in [0.15, 0.2) is 30.3 Å². The third kappa shape index (κ3) is 2.74. The average molecular weight is 275 g/mol. The van der Waals surface area contributed by atoms with E-state index >= 15 is 0 Å². The molecule has 1 saturated carbocycles. The van der Waals surface area contributed by atoms with Crippen molar-refractivity contribution < 1.29 is 0 Å². The molecule has 2 atom stereocenters. The van der Waals surface area contributed by atoms with E-state index in [1.807, 2.05) is 7.05 Å². The molecule has 1 aliphatic carbocycles. The van der Waals surface area contributed by atoms with Crippen LogP contribution in [0.1, 0.15) is 12.0 Å². The summed E-state index contributed by atoms with van der Waals surface area (Å²) in [5.41, 5.74) is 1.42. The van der Waals surface area contributed by atoms with E-state index in [1.54, 1.807) is 0 Å². The van der Waals surface area contributed by atoms with Crippen LogP contribution in [0.4, 0.5) is 0 Å². The van der Waals surface area contributed by atoms with Gasteiger partial charge in [0.05, 0.1) is 0 Å². The number of fused-ring (bicyclic) bond motifs is 2. The molecular formula is C15H21N3S. The van der Waals surface area contributed by atoms with Crippen LogP contribution in [-0.4, -0.2) is 36.2 Å². The van der Waals surface area contributed by atoms with Crippen LogP contribution in [0.2, 0.25) is 0 Å². The summed E-state index contributed by atoms with van der Waals surface area (Å²) in [6.07, 6.45) is 1.36. The minimum absolute atomic E-state index is 0.590. The minimum atomic E-state index is 0.590. The molecule has 1 aromatic carbocycles. The van der Waals surface area contributed by atoms with Crippen molar-refractivity contribution in [3.63, 3.8) is 0 Å². The number of thiocarbonyl (C=S) groups is 1. The number of nitrogens with one attached hydrogen (secondary N) is 2. The molecule has 2 saturated heterocycles. The molecule has 2 bridgehead atoms. The first kappa shape index (κ1) is 12.9. The van der Waals surface area contributed by atoms with E-state index in [0.717, 1.165) is 23.5 Å². The van der Waals surface area contributed by atoms with Crippen molar-refractivity contribution in [2.45, 2.75) is 19.0 Å². The fourth-order valence-electron chi connectivity index (χ4n) is 3.42. The molecule has 19 heavy (non-hydrogen) atoms. The van der Waals surface area contributed by atoms with E-state index in [0.29, 0.717) is 6.04 Å². The SMILES string of the molecule is CNC(=S)NC1C2CC1CN(Cc1ccccc1)C2. The highest BCUT2D eigenvalue weighted by Gasteiger charge is 2.46. The summed E-state index contributed by atoms with van der Waals surface area (Å²) in [5.74, 6) is 1.52. The molecule has 3 aliphatic rings. The maximum Gasteiger partial charge on any atom is 0.166 e. The molecule has 3 fully saturated rings. The van der Waals surface area contributed by atoms with Crippen molar-refractivity contribution >= 4 is 17.3 Å². The molecule has 2 unspecified atom stereocenters. The van der Waals surface area contributed by atoms with Crippen molar-refractivity contribution in [2.24, 2.45) is 11.8 Å². The van der Waals surface area contributed by atoms with Gasteiger partial charge in [-0.15, -0.1) is 0 Å². The number of hydrogen-bond acceptors (Lipinski definition) is 2. The second kappa shape index (κ2) is 5.47. The lowest BCUT2D eigenvalue weighted by Gasteiger charge is -2.54. The number of nitrogens with zero attached hydrogens (tertiary/aromatic N) is 1. The highest BCUT2D eigenvalue weighted by molar-refractivity contribution is 7.80. The fourth-order valence-corrected chi connectivity index (χ4v) is 3.55. The summed E-state index contributed by atoms with van der Waals surface area (Å²) in [6.45, 7) is 3.46. The van der Waals surface area contributed by atoms with Gasteiger partial charge in [-0.25, -0.2) is 0 Å². The van der Waals surface area contributed by atoms with Crippen LogP contribution >= 0.6 is 12.2 Å². The summed E-state index contributed by atoms with van der Waals surface area (Å²) < 4.78 is 0. The van der Waals surface area contributed by atoms with Crippen LogP contribution in [0.3, 0.4) is 0 Å². The molecular weight excluding hydrogens is 254 g/mol. The molecule has 2 heterocycles. The first-order chi connectivity index (χ1) is 9.26. The van der Waals surface area contributed by atoms with Gasteiger partial charge in [-0.05, 0) is 36.0 Å². The predicted octanol–water partition coefficient (Wildman–Crippen LogP) is 1.60. The molecule has 102 valence electrons. The lowest BCUT2D eigenvalue weighted by molar-refractivity contribution is -0.0103. The summed E-state index contributed by atoms with van der Waals surface area (Å²) in [7, 11) is 1.88. The van der Waals surface area contributed by atoms with Crippen molar-refractivity contribution in [2.75, 3.05) is 20.1 Å². The average Bonchev–Trinajstić information content (AvgIpc) is 2.45. The number of hydrogen-bond donors (Lipinski definition) is 2. The van der Waals surface area contributed by atoms with Crippen LogP contribution in [0.25, 0.3) is 0 Å². The maximum absolute atomic E-state index is 5.21. The van der Waals surface area contributed by atoms with Crippen LogP contribution in [0, 0.1) is 11.8 Å². The molecule has 0 aromatic heterocycles. The minimum Gasteiger partial charge on any atom is -0.366 e. The van der Waals surface area contributed by atoms with Gasteiger partial charge in [0.15, 0.2) is 5.11 Å². The zero-order chi connectivity index (χ0) is 13.2. The molecule has 4 heteroatoms. The van der Waals surface area contributed by atoms with E-state index < -0.39 is 0 Å². The van der Waals surface area contributed by atoms with Gasteiger partial charge in [0.2, 0.25) is 0 Å². The number of piperidine rings is 2. The summed E-state index contributed by atoms with van der Waals surface area (Å²) in [4.78, 5) is 2.58. The topological polar surface area (TPSA) is 27.3 Å². The normalized spacial score (nSPS) is 29.4. The first-order valence-corrected chi connectivity index (χ1v) is 7.41. The van der Waals surface area contributed by atoms with Crippen molar-refractivity contribution in [1.29, 1.82) is 0 Å². The number of rotatable bonds is 3. The monoisotopic (exact) mass is 275 g/mol. The largest absolute Gasteiger partial charge is 0.366 e. The zero-order valence-electron chi connectivity index (χ0n) is 11.3. The first-order valence-electron chi connectivity index (χ1n) is 7.01. The third-order valence-corrected chi connectivity index (χ3v) is 4.70. The van der Waals surface area contributed by atoms with Gasteiger partial charge in [-0.3, -0.25) is 4.90 Å². The Hall–Kier alpha value is -1.13. The van der Waals surface area contributed by atoms with E-state index in [4.69, 9.17) is 12.2 Å². The Labute approximate surface area is 120 Å². The Balaban J connectivity index is 1.54. The second-order valence-corrected chi connectivity index (χ2v) is 6.09. The summed E-state index contributed by atoms with van der Waals surface area (Å²) >= 11 is 5.21. The molecule has 3 nitrogen and oxygen atoms in total. The number of benzene rings is 1. The molecule has 1 aromatic rings. The van der Waals surface area contributed by atoms with Gasteiger partial charge in [0.25, 0.3) is 0 Å². The molecule has 4 rings (SSSR count). The molecule has 0 radical (unpaired) electrons. The van der Waals surface area contributed by atoms with Crippen molar-refractivity contribution in [3.8, 4) is 0 Å². The smallest absolute Gasteiger partial charge is 0.166 e. The maximum atomic E-state index is 5.21. The van der Waals surface area contributed by atoms with E-state index in [2.05, 4.69) is 45.9 Å². The Morgan fingerprint density at radius 1 is 1.26 bits per heavy atom. The van der Waals surface area contributed by atoms with Gasteiger partial charge in [-0.1, -0.05) is 30.3 Å². The summed E-state index contributed by atoms with van der Waals surface area (Å²) in [6, 6.07) is 11.3. The van der Waals surface area contributed by atoms with E-state index in [1.165, 1.54) is 25.1 Å². The Bertz CT molecular complexity index is 436. The van der Waals surface area contributed by atoms with Gasteiger partial charge < -0.3 is 10.6 Å². The molecule has 2 aliphatic heterocycles. The van der Waals surface area contributed by atoms with Crippen LogP contribution in [-0.2, 0) is 6.54 Å². The standard InChI is InChI=1S/C15H21N3S/c1-16-15(19)17-14-12-7-13(14)10-18(9-12)8-11-5-3-2-4-6-11/h2-6,12-14H,7-10H2,1H3,(H2,16,17,19). The Kier molecular flexibility index (Phi) is 3.71.